The van der Waals surface area contributed by atoms with Crippen LogP contribution in [0.4, 0.5) is 5.69 Å². The van der Waals surface area contributed by atoms with Gasteiger partial charge in [-0.25, -0.2) is 4.68 Å². The van der Waals surface area contributed by atoms with Crippen LogP contribution in [-0.4, -0.2) is 28.0 Å². The molecule has 0 unspecified atom stereocenters. The molecular formula is C23H23ClN4O3S. The number of thiazole rings is 1. The van der Waals surface area contributed by atoms with E-state index >= 15 is 0 Å². The van der Waals surface area contributed by atoms with Crippen molar-refractivity contribution in [1.29, 1.82) is 0 Å². The normalized spacial score (nSPS) is 15.5. The van der Waals surface area contributed by atoms with Crippen LogP contribution in [0.3, 0.4) is 0 Å². The summed E-state index contributed by atoms with van der Waals surface area (Å²) in [6.07, 6.45) is 7.77. The third kappa shape index (κ3) is 4.61. The third-order valence-corrected chi connectivity index (χ3v) is 6.88. The number of nitro groups is 1. The Morgan fingerprint density at radius 2 is 1.94 bits per heavy atom. The lowest BCUT2D eigenvalue weighted by Crippen LogP contribution is -2.11. The van der Waals surface area contributed by atoms with Crippen LogP contribution in [0.5, 0.6) is 5.75 Å². The molecule has 7 nitrogen and oxygen atoms in total. The Morgan fingerprint density at radius 3 is 2.59 bits per heavy atom. The Labute approximate surface area is 194 Å². The molecule has 1 heterocycles. The van der Waals surface area contributed by atoms with E-state index < -0.39 is 16.4 Å². The number of nitrogens with zero attached hydrogens (tertiary/aromatic N) is 4. The largest absolute Gasteiger partial charge is 0.502 e. The molecule has 9 heteroatoms. The van der Waals surface area contributed by atoms with Gasteiger partial charge in [0.2, 0.25) is 10.6 Å². The van der Waals surface area contributed by atoms with Crippen LogP contribution in [-0.2, 0) is 0 Å². The van der Waals surface area contributed by atoms with Crippen molar-refractivity contribution in [3.05, 3.63) is 72.8 Å². The van der Waals surface area contributed by atoms with Crippen molar-refractivity contribution in [1.82, 2.24) is 4.68 Å². The number of benzene rings is 2. The summed E-state index contributed by atoms with van der Waals surface area (Å²) in [5.41, 5.74) is 2.90. The van der Waals surface area contributed by atoms with E-state index in [2.05, 4.69) is 34.4 Å². The molecule has 0 radical (unpaired) electrons. The smallest absolute Gasteiger partial charge is 0.312 e. The maximum absolute atomic E-state index is 11.2. The number of phenolic OH excluding ortho intramolecular Hbond substituents is 1. The summed E-state index contributed by atoms with van der Waals surface area (Å²) in [4.78, 5) is 15.4. The fourth-order valence-electron chi connectivity index (χ4n) is 4.09. The summed E-state index contributed by atoms with van der Waals surface area (Å²) in [7, 11) is 1.68. The van der Waals surface area contributed by atoms with E-state index in [0.717, 1.165) is 17.3 Å². The molecule has 0 saturated heterocycles. The van der Waals surface area contributed by atoms with E-state index in [0.29, 0.717) is 10.7 Å². The average Bonchev–Trinajstić information content (AvgIpc) is 3.22. The molecular weight excluding hydrogens is 448 g/mol. The van der Waals surface area contributed by atoms with Gasteiger partial charge in [-0.2, -0.15) is 5.10 Å². The number of hydrogen-bond acceptors (Lipinski definition) is 6. The zero-order chi connectivity index (χ0) is 22.7. The van der Waals surface area contributed by atoms with Gasteiger partial charge >= 0.3 is 5.69 Å². The van der Waals surface area contributed by atoms with Gasteiger partial charge in [0.1, 0.15) is 0 Å². The summed E-state index contributed by atoms with van der Waals surface area (Å²) in [5.74, 6) is 0.153. The molecule has 166 valence electrons. The summed E-state index contributed by atoms with van der Waals surface area (Å²) >= 11 is 7.43. The highest BCUT2D eigenvalue weighted by Gasteiger charge is 2.18. The van der Waals surface area contributed by atoms with Crippen LogP contribution in [0.2, 0.25) is 5.02 Å². The minimum atomic E-state index is -0.678. The molecule has 1 fully saturated rings. The summed E-state index contributed by atoms with van der Waals surface area (Å²) in [6.45, 7) is 0. The van der Waals surface area contributed by atoms with Crippen molar-refractivity contribution >= 4 is 34.8 Å². The van der Waals surface area contributed by atoms with Crippen molar-refractivity contribution in [3.8, 4) is 17.0 Å². The summed E-state index contributed by atoms with van der Waals surface area (Å²) in [6, 6.07) is 11.1. The molecule has 1 N–H and O–H groups in total. The van der Waals surface area contributed by atoms with Crippen LogP contribution in [0.25, 0.3) is 11.3 Å². The van der Waals surface area contributed by atoms with E-state index in [9.17, 15) is 15.2 Å². The molecule has 0 bridgehead atoms. The molecule has 3 aromatic rings. The van der Waals surface area contributed by atoms with Gasteiger partial charge in [-0.05, 0) is 30.4 Å². The standard InChI is InChI=1S/C23H23ClN4O3S/c1-25-23-27(26-13-18-11-19(24)12-20(22(18)29)28(30)31)21(14-32-23)17-9-7-16(8-10-17)15-5-3-2-4-6-15/h7-15,29H,2-6H2,1H3. The predicted octanol–water partition coefficient (Wildman–Crippen LogP) is 5.94. The number of rotatable bonds is 5. The van der Waals surface area contributed by atoms with E-state index in [1.807, 2.05) is 5.38 Å². The quantitative estimate of drug-likeness (QED) is 0.284. The average molecular weight is 471 g/mol. The first kappa shape index (κ1) is 22.2. The van der Waals surface area contributed by atoms with Gasteiger partial charge in [-0.1, -0.05) is 55.1 Å². The highest BCUT2D eigenvalue weighted by molar-refractivity contribution is 7.07. The fraction of sp³-hybridized carbons (Fsp3) is 0.304. The lowest BCUT2D eigenvalue weighted by molar-refractivity contribution is -0.385. The Kier molecular flexibility index (Phi) is 6.72. The fourth-order valence-corrected chi connectivity index (χ4v) is 5.11. The first-order valence-corrected chi connectivity index (χ1v) is 11.7. The Bertz CT molecular complexity index is 1230. The molecule has 1 aliphatic rings. The summed E-state index contributed by atoms with van der Waals surface area (Å²) in [5, 5.41) is 28.0. The molecule has 0 amide bonds. The summed E-state index contributed by atoms with van der Waals surface area (Å²) < 4.78 is 1.66. The number of phenols is 1. The van der Waals surface area contributed by atoms with Gasteiger partial charge < -0.3 is 5.11 Å². The van der Waals surface area contributed by atoms with E-state index in [4.69, 9.17) is 11.6 Å². The first-order valence-electron chi connectivity index (χ1n) is 10.4. The van der Waals surface area contributed by atoms with E-state index in [1.54, 1.807) is 11.7 Å². The van der Waals surface area contributed by atoms with Crippen LogP contribution >= 0.6 is 22.9 Å². The number of nitro benzene ring substituents is 1. The van der Waals surface area contributed by atoms with Gasteiger partial charge in [0.15, 0.2) is 0 Å². The van der Waals surface area contributed by atoms with Gasteiger partial charge in [0, 0.05) is 34.6 Å². The molecule has 1 saturated carbocycles. The Morgan fingerprint density at radius 1 is 1.22 bits per heavy atom. The molecule has 0 spiro atoms. The minimum absolute atomic E-state index is 0.144. The van der Waals surface area contributed by atoms with Gasteiger partial charge in [-0.3, -0.25) is 15.1 Å². The predicted molar refractivity (Wildman–Crippen MR) is 128 cm³/mol. The second-order valence-corrected chi connectivity index (χ2v) is 9.03. The number of hydrogen-bond donors (Lipinski definition) is 1. The van der Waals surface area contributed by atoms with Crippen LogP contribution in [0.15, 0.2) is 51.9 Å². The van der Waals surface area contributed by atoms with E-state index in [-0.39, 0.29) is 10.6 Å². The molecule has 0 aliphatic heterocycles. The van der Waals surface area contributed by atoms with Gasteiger partial charge in [0.05, 0.1) is 16.8 Å². The molecule has 1 aromatic heterocycles. The molecule has 1 aliphatic carbocycles. The van der Waals surface area contributed by atoms with Crippen molar-refractivity contribution in [2.24, 2.45) is 10.1 Å². The highest BCUT2D eigenvalue weighted by Crippen LogP contribution is 2.34. The topological polar surface area (TPSA) is 93.0 Å². The molecule has 0 atom stereocenters. The van der Waals surface area contributed by atoms with Crippen LogP contribution in [0, 0.1) is 10.1 Å². The zero-order valence-corrected chi connectivity index (χ0v) is 19.1. The van der Waals surface area contributed by atoms with Crippen molar-refractivity contribution < 1.29 is 10.0 Å². The van der Waals surface area contributed by atoms with Crippen LogP contribution < -0.4 is 4.80 Å². The monoisotopic (exact) mass is 470 g/mol. The third-order valence-electron chi connectivity index (χ3n) is 5.75. The molecule has 4 rings (SSSR count). The highest BCUT2D eigenvalue weighted by atomic mass is 35.5. The minimum Gasteiger partial charge on any atom is -0.502 e. The van der Waals surface area contributed by atoms with Crippen molar-refractivity contribution in [2.45, 2.75) is 38.0 Å². The SMILES string of the molecule is CN=c1scc(-c2ccc(C3CCCCC3)cc2)n1N=Cc1cc(Cl)cc([N+](=O)[O-])c1O. The second kappa shape index (κ2) is 9.67. The second-order valence-electron chi connectivity index (χ2n) is 7.76. The van der Waals surface area contributed by atoms with E-state index in [1.165, 1.54) is 61.3 Å². The Balaban J connectivity index is 1.69. The molecule has 2 aromatic carbocycles. The molecule has 32 heavy (non-hydrogen) atoms. The van der Waals surface area contributed by atoms with Gasteiger partial charge in [-0.15, -0.1) is 11.3 Å². The maximum Gasteiger partial charge on any atom is 0.312 e. The lowest BCUT2D eigenvalue weighted by Gasteiger charge is -2.22. The number of aromatic nitrogens is 1. The van der Waals surface area contributed by atoms with Crippen molar-refractivity contribution in [2.75, 3.05) is 7.05 Å². The van der Waals surface area contributed by atoms with Crippen molar-refractivity contribution in [3.63, 3.8) is 0 Å². The van der Waals surface area contributed by atoms with Crippen LogP contribution in [0.1, 0.15) is 49.1 Å². The lowest BCUT2D eigenvalue weighted by atomic mass is 9.84. The Hall–Kier alpha value is -2.97. The zero-order valence-electron chi connectivity index (χ0n) is 17.6. The van der Waals surface area contributed by atoms with Gasteiger partial charge in [0.25, 0.3) is 0 Å². The first-order chi connectivity index (χ1) is 15.5. The maximum atomic E-state index is 11.2. The number of halogens is 1. The number of aromatic hydroxyl groups is 1.